The highest BCUT2D eigenvalue weighted by Crippen LogP contribution is 2.29. The van der Waals surface area contributed by atoms with Gasteiger partial charge in [-0.25, -0.2) is 0 Å². The van der Waals surface area contributed by atoms with Gasteiger partial charge in [-0.3, -0.25) is 10.4 Å². The number of nitrogens with zero attached hydrogens (tertiary/aromatic N) is 3. The Morgan fingerprint density at radius 2 is 2.04 bits per heavy atom. The van der Waals surface area contributed by atoms with Crippen LogP contribution in [0, 0.1) is 6.92 Å². The van der Waals surface area contributed by atoms with Gasteiger partial charge in [0.2, 0.25) is 5.13 Å². The van der Waals surface area contributed by atoms with Crippen molar-refractivity contribution in [1.82, 2.24) is 25.7 Å². The highest BCUT2D eigenvalue weighted by molar-refractivity contribution is 9.10. The van der Waals surface area contributed by atoms with Gasteiger partial charge in [-0.2, -0.15) is 5.10 Å². The van der Waals surface area contributed by atoms with Crippen molar-refractivity contribution in [2.24, 2.45) is 0 Å². The van der Waals surface area contributed by atoms with Crippen LogP contribution in [0.25, 0.3) is 21.5 Å². The highest BCUT2D eigenvalue weighted by Gasteiger charge is 2.09. The van der Waals surface area contributed by atoms with E-state index in [0.717, 1.165) is 49.7 Å². The zero-order valence-electron chi connectivity index (χ0n) is 14.8. The number of benzene rings is 2. The molecule has 0 atom stereocenters. The van der Waals surface area contributed by atoms with Crippen molar-refractivity contribution in [1.29, 1.82) is 0 Å². The Morgan fingerprint density at radius 1 is 1.15 bits per heavy atom. The minimum absolute atomic E-state index is 0.652. The summed E-state index contributed by atoms with van der Waals surface area (Å²) in [5, 5.41) is 25.3. The molecule has 0 spiro atoms. The number of anilines is 1. The number of aryl methyl sites for hydroxylation is 1. The summed E-state index contributed by atoms with van der Waals surface area (Å²) >= 11 is 5.13. The van der Waals surface area contributed by atoms with Crippen molar-refractivity contribution in [3.63, 3.8) is 0 Å². The first-order chi connectivity index (χ1) is 13.2. The number of hydrogen-bond acceptors (Lipinski definition) is 6. The van der Waals surface area contributed by atoms with Crippen molar-refractivity contribution in [3.8, 4) is 10.6 Å². The number of hydrogen-bond donors (Lipinski definition) is 3. The van der Waals surface area contributed by atoms with E-state index in [1.54, 1.807) is 11.3 Å². The standard InChI is InChI=1S/C19H19BrN6S/c1-12-15-10-14(6-7-17(15)24-23-12)18-25-26-19(27-18)22-11-21-9-8-13-4-2-3-5-16(13)20/h2-7,10,21H,8-9,11H2,1H3,(H,22,26)(H,23,24). The van der Waals surface area contributed by atoms with Gasteiger partial charge in [-0.1, -0.05) is 45.5 Å². The zero-order chi connectivity index (χ0) is 18.6. The molecule has 4 rings (SSSR count). The first-order valence-electron chi connectivity index (χ1n) is 8.67. The van der Waals surface area contributed by atoms with E-state index in [4.69, 9.17) is 0 Å². The number of H-pyrrole nitrogens is 1. The average molecular weight is 443 g/mol. The van der Waals surface area contributed by atoms with Crippen molar-refractivity contribution in [2.75, 3.05) is 18.5 Å². The molecule has 0 fully saturated rings. The molecule has 6 nitrogen and oxygen atoms in total. The monoisotopic (exact) mass is 442 g/mol. The van der Waals surface area contributed by atoms with Gasteiger partial charge in [0.15, 0.2) is 0 Å². The van der Waals surface area contributed by atoms with Crippen molar-refractivity contribution < 1.29 is 0 Å². The molecule has 0 bridgehead atoms. The van der Waals surface area contributed by atoms with Crippen molar-refractivity contribution >= 4 is 43.3 Å². The van der Waals surface area contributed by atoms with Crippen molar-refractivity contribution in [3.05, 3.63) is 58.2 Å². The SMILES string of the molecule is Cc1[nH]nc2ccc(-c3nnc(NCNCCc4ccccc4Br)s3)cc12. The van der Waals surface area contributed by atoms with Crippen molar-refractivity contribution in [2.45, 2.75) is 13.3 Å². The molecule has 0 amide bonds. The molecule has 0 radical (unpaired) electrons. The molecule has 8 heteroatoms. The quantitative estimate of drug-likeness (QED) is 0.292. The van der Waals surface area contributed by atoms with Gasteiger partial charge in [0.05, 0.1) is 12.2 Å². The van der Waals surface area contributed by atoms with Gasteiger partial charge >= 0.3 is 0 Å². The summed E-state index contributed by atoms with van der Waals surface area (Å²) in [5.41, 5.74) is 4.38. The lowest BCUT2D eigenvalue weighted by atomic mass is 10.1. The molecule has 138 valence electrons. The Kier molecular flexibility index (Phi) is 5.47. The van der Waals surface area contributed by atoms with Gasteiger partial charge in [0.1, 0.15) is 5.01 Å². The van der Waals surface area contributed by atoms with Gasteiger partial charge < -0.3 is 5.32 Å². The van der Waals surface area contributed by atoms with Crippen LogP contribution in [0.2, 0.25) is 0 Å². The number of rotatable bonds is 7. The summed E-state index contributed by atoms with van der Waals surface area (Å²) in [5.74, 6) is 0. The fourth-order valence-corrected chi connectivity index (χ4v) is 4.05. The lowest BCUT2D eigenvalue weighted by molar-refractivity contribution is 0.721. The van der Waals surface area contributed by atoms with E-state index in [-0.39, 0.29) is 0 Å². The summed E-state index contributed by atoms with van der Waals surface area (Å²) in [7, 11) is 0. The van der Waals surface area contributed by atoms with E-state index in [2.05, 4.69) is 71.2 Å². The molecule has 0 aliphatic heterocycles. The number of nitrogens with one attached hydrogen (secondary N) is 3. The maximum absolute atomic E-state index is 4.31. The average Bonchev–Trinajstić information content (AvgIpc) is 3.30. The van der Waals surface area contributed by atoms with E-state index >= 15 is 0 Å². The Hall–Kier alpha value is -2.29. The smallest absolute Gasteiger partial charge is 0.207 e. The van der Waals surface area contributed by atoms with Crippen LogP contribution < -0.4 is 10.6 Å². The van der Waals surface area contributed by atoms with Gasteiger partial charge in [0.25, 0.3) is 0 Å². The Labute approximate surface area is 169 Å². The summed E-state index contributed by atoms with van der Waals surface area (Å²) in [6.07, 6.45) is 0.967. The predicted molar refractivity (Wildman–Crippen MR) is 114 cm³/mol. The Morgan fingerprint density at radius 3 is 2.93 bits per heavy atom. The number of halogens is 1. The van der Waals surface area contributed by atoms with E-state index in [0.29, 0.717) is 6.67 Å². The topological polar surface area (TPSA) is 78.5 Å². The van der Waals surface area contributed by atoms with Crippen LogP contribution in [0.4, 0.5) is 5.13 Å². The molecule has 0 aliphatic carbocycles. The molecule has 0 saturated heterocycles. The van der Waals surface area contributed by atoms with Gasteiger partial charge in [-0.15, -0.1) is 10.2 Å². The first kappa shape index (κ1) is 18.1. The predicted octanol–water partition coefficient (Wildman–Crippen LogP) is 4.35. The molecule has 3 N–H and O–H groups in total. The molecule has 0 aliphatic rings. The Bertz CT molecular complexity index is 1060. The molecule has 4 aromatic rings. The van der Waals surface area contributed by atoms with E-state index in [1.165, 1.54) is 5.56 Å². The highest BCUT2D eigenvalue weighted by atomic mass is 79.9. The largest absolute Gasteiger partial charge is 0.348 e. The minimum Gasteiger partial charge on any atom is -0.348 e. The lowest BCUT2D eigenvalue weighted by Gasteiger charge is -2.06. The van der Waals surface area contributed by atoms with Gasteiger partial charge in [-0.05, 0) is 43.2 Å². The van der Waals surface area contributed by atoms with Crippen LogP contribution >= 0.6 is 27.3 Å². The summed E-state index contributed by atoms with van der Waals surface area (Å²) < 4.78 is 1.15. The third-order valence-corrected chi connectivity index (χ3v) is 6.01. The third-order valence-electron chi connectivity index (χ3n) is 4.31. The summed E-state index contributed by atoms with van der Waals surface area (Å²) in [6, 6.07) is 14.4. The maximum Gasteiger partial charge on any atom is 0.207 e. The lowest BCUT2D eigenvalue weighted by Crippen LogP contribution is -2.24. The van der Waals surface area contributed by atoms with Crippen LogP contribution in [0.1, 0.15) is 11.3 Å². The molecular weight excluding hydrogens is 424 g/mol. The van der Waals surface area contributed by atoms with Gasteiger partial charge in [0, 0.05) is 27.7 Å². The molecule has 0 saturated carbocycles. The van der Waals surface area contributed by atoms with Crippen LogP contribution in [0.15, 0.2) is 46.9 Å². The molecule has 2 heterocycles. The molecule has 2 aromatic heterocycles. The van der Waals surface area contributed by atoms with E-state index in [9.17, 15) is 0 Å². The maximum atomic E-state index is 4.31. The number of fused-ring (bicyclic) bond motifs is 1. The first-order valence-corrected chi connectivity index (χ1v) is 10.3. The molecular formula is C19H19BrN6S. The minimum atomic E-state index is 0.652. The summed E-state index contributed by atoms with van der Waals surface area (Å²) in [4.78, 5) is 0. The zero-order valence-corrected chi connectivity index (χ0v) is 17.2. The molecule has 0 unspecified atom stereocenters. The number of aromatic amines is 1. The Balaban J connectivity index is 1.31. The van der Waals surface area contributed by atoms with Crippen LogP contribution in [0.3, 0.4) is 0 Å². The molecule has 2 aromatic carbocycles. The summed E-state index contributed by atoms with van der Waals surface area (Å²) in [6.45, 7) is 3.56. The molecule has 27 heavy (non-hydrogen) atoms. The number of aromatic nitrogens is 4. The van der Waals surface area contributed by atoms with Crippen LogP contribution in [-0.4, -0.2) is 33.6 Å². The third kappa shape index (κ3) is 4.18. The fraction of sp³-hybridized carbons (Fsp3) is 0.211. The van der Waals surface area contributed by atoms with E-state index < -0.39 is 0 Å². The second-order valence-electron chi connectivity index (χ2n) is 6.19. The fourth-order valence-electron chi connectivity index (χ4n) is 2.83. The van der Waals surface area contributed by atoms with Crippen LogP contribution in [-0.2, 0) is 6.42 Å². The normalized spacial score (nSPS) is 11.2. The second kappa shape index (κ2) is 8.16. The second-order valence-corrected chi connectivity index (χ2v) is 8.02. The van der Waals surface area contributed by atoms with E-state index in [1.807, 2.05) is 25.1 Å². The van der Waals surface area contributed by atoms with Crippen LogP contribution in [0.5, 0.6) is 0 Å².